The predicted octanol–water partition coefficient (Wildman–Crippen LogP) is 2.76. The molecule has 0 aliphatic rings. The van der Waals surface area contributed by atoms with Crippen molar-refractivity contribution >= 4 is 40.4 Å². The first-order valence-electron chi connectivity index (χ1n) is 5.95. The molecule has 0 saturated carbocycles. The van der Waals surface area contributed by atoms with Crippen molar-refractivity contribution in [1.29, 1.82) is 0 Å². The van der Waals surface area contributed by atoms with Crippen molar-refractivity contribution in [2.45, 2.75) is 13.8 Å². The van der Waals surface area contributed by atoms with Crippen molar-refractivity contribution < 1.29 is 10.0 Å². The van der Waals surface area contributed by atoms with E-state index in [1.54, 1.807) is 25.1 Å². The van der Waals surface area contributed by atoms with E-state index in [1.807, 2.05) is 6.92 Å². The molecule has 0 saturated heterocycles. The Balaban J connectivity index is 2.31. The van der Waals surface area contributed by atoms with Crippen LogP contribution in [0.4, 0.5) is 5.69 Å². The Bertz CT molecular complexity index is 727. The minimum Gasteiger partial charge on any atom is -0.409 e. The average molecular weight is 325 g/mol. The van der Waals surface area contributed by atoms with E-state index in [2.05, 4.69) is 15.5 Å². The van der Waals surface area contributed by atoms with Gasteiger partial charge in [-0.1, -0.05) is 16.8 Å². The highest BCUT2D eigenvalue weighted by Crippen LogP contribution is 2.25. The summed E-state index contributed by atoms with van der Waals surface area (Å²) in [4.78, 5) is 17.0. The summed E-state index contributed by atoms with van der Waals surface area (Å²) in [6.07, 6.45) is 0. The van der Waals surface area contributed by atoms with Crippen molar-refractivity contribution in [3.63, 3.8) is 0 Å². The summed E-state index contributed by atoms with van der Waals surface area (Å²) in [6.45, 7) is 3.60. The lowest BCUT2D eigenvalue weighted by atomic mass is 10.2. The zero-order chi connectivity index (χ0) is 15.6. The summed E-state index contributed by atoms with van der Waals surface area (Å²) in [7, 11) is 0. The Kier molecular flexibility index (Phi) is 4.44. The Labute approximate surface area is 130 Å². The smallest absolute Gasteiger partial charge is 0.267 e. The van der Waals surface area contributed by atoms with Gasteiger partial charge in [0, 0.05) is 5.56 Å². The summed E-state index contributed by atoms with van der Waals surface area (Å²) < 4.78 is 0. The largest absolute Gasteiger partial charge is 0.409 e. The van der Waals surface area contributed by atoms with Crippen molar-refractivity contribution in [3.8, 4) is 0 Å². The molecule has 2 aromatic rings. The van der Waals surface area contributed by atoms with Crippen LogP contribution in [0.3, 0.4) is 0 Å². The summed E-state index contributed by atoms with van der Waals surface area (Å²) >= 11 is 7.36. The second-order valence-electron chi connectivity index (χ2n) is 4.28. The first-order valence-corrected chi connectivity index (χ1v) is 7.14. The fraction of sp³-hybridized carbons (Fsp3) is 0.154. The maximum atomic E-state index is 12.2. The molecule has 0 bridgehead atoms. The summed E-state index contributed by atoms with van der Waals surface area (Å²) in [5, 5.41) is 15.5. The van der Waals surface area contributed by atoms with Gasteiger partial charge in [0.05, 0.1) is 21.4 Å². The summed E-state index contributed by atoms with van der Waals surface area (Å²) in [5.74, 6) is -0.358. The highest BCUT2D eigenvalue weighted by atomic mass is 35.5. The van der Waals surface area contributed by atoms with Crippen LogP contribution in [0.25, 0.3) is 0 Å². The topological polar surface area (TPSA) is 101 Å². The Morgan fingerprint density at radius 3 is 2.76 bits per heavy atom. The number of anilines is 1. The van der Waals surface area contributed by atoms with Gasteiger partial charge in [-0.3, -0.25) is 4.79 Å². The van der Waals surface area contributed by atoms with Crippen LogP contribution in [-0.4, -0.2) is 21.9 Å². The lowest BCUT2D eigenvalue weighted by molar-refractivity contribution is 0.103. The number of hydrogen-bond donors (Lipinski definition) is 3. The van der Waals surface area contributed by atoms with Gasteiger partial charge in [-0.15, -0.1) is 11.3 Å². The van der Waals surface area contributed by atoms with E-state index in [9.17, 15) is 4.79 Å². The standard InChI is InChI=1S/C13H13ClN4O2S/c1-6-11(21-7(2)16-6)13(19)17-10-5-8(12(15)18-20)3-4-9(10)14/h3-5,20H,1-2H3,(H2,15,18)(H,17,19). The SMILES string of the molecule is Cc1nc(C)c(C(=O)Nc2cc(/C(N)=N/O)ccc2Cl)s1. The molecule has 1 aromatic heterocycles. The number of aryl methyl sites for hydroxylation is 2. The van der Waals surface area contributed by atoms with Crippen LogP contribution in [-0.2, 0) is 0 Å². The molecule has 0 fully saturated rings. The monoisotopic (exact) mass is 324 g/mol. The maximum absolute atomic E-state index is 12.2. The molecule has 4 N–H and O–H groups in total. The highest BCUT2D eigenvalue weighted by molar-refractivity contribution is 7.13. The number of nitrogens with zero attached hydrogens (tertiary/aromatic N) is 2. The number of thiazole rings is 1. The van der Waals surface area contributed by atoms with E-state index >= 15 is 0 Å². The van der Waals surface area contributed by atoms with E-state index in [-0.39, 0.29) is 11.7 Å². The third-order valence-electron chi connectivity index (χ3n) is 2.73. The van der Waals surface area contributed by atoms with E-state index in [1.165, 1.54) is 11.3 Å². The Morgan fingerprint density at radius 1 is 1.48 bits per heavy atom. The number of nitrogens with one attached hydrogen (secondary N) is 1. The number of hydrogen-bond acceptors (Lipinski definition) is 5. The number of aromatic nitrogens is 1. The van der Waals surface area contributed by atoms with Gasteiger partial charge in [0.25, 0.3) is 5.91 Å². The molecule has 1 heterocycles. The summed E-state index contributed by atoms with van der Waals surface area (Å²) in [5.41, 5.74) is 7.02. The first-order chi connectivity index (χ1) is 9.92. The van der Waals surface area contributed by atoms with Crippen molar-refractivity contribution in [2.75, 3.05) is 5.32 Å². The predicted molar refractivity (Wildman–Crippen MR) is 83.5 cm³/mol. The van der Waals surface area contributed by atoms with Crippen LogP contribution < -0.4 is 11.1 Å². The summed E-state index contributed by atoms with van der Waals surface area (Å²) in [6, 6.07) is 4.70. The van der Waals surface area contributed by atoms with Crippen molar-refractivity contribution in [2.24, 2.45) is 10.9 Å². The zero-order valence-corrected chi connectivity index (χ0v) is 12.9. The molecule has 0 atom stereocenters. The van der Waals surface area contributed by atoms with Crippen molar-refractivity contribution in [1.82, 2.24) is 4.98 Å². The molecule has 110 valence electrons. The number of benzene rings is 1. The fourth-order valence-electron chi connectivity index (χ4n) is 1.76. The molecular formula is C13H13ClN4O2S. The second kappa shape index (κ2) is 6.11. The number of oxime groups is 1. The van der Waals surface area contributed by atoms with Gasteiger partial charge in [-0.25, -0.2) is 4.98 Å². The quantitative estimate of drug-likeness (QED) is 0.350. The lowest BCUT2D eigenvalue weighted by Crippen LogP contribution is -2.15. The van der Waals surface area contributed by atoms with Gasteiger partial charge < -0.3 is 16.3 Å². The average Bonchev–Trinajstić information content (AvgIpc) is 2.79. The normalized spacial score (nSPS) is 11.5. The Hall–Kier alpha value is -2.12. The maximum Gasteiger partial charge on any atom is 0.267 e. The number of carbonyl (C=O) groups is 1. The van der Waals surface area contributed by atoms with E-state index in [0.717, 1.165) is 5.01 Å². The minimum atomic E-state index is -0.295. The molecule has 0 spiro atoms. The van der Waals surface area contributed by atoms with Gasteiger partial charge in [-0.05, 0) is 32.0 Å². The van der Waals surface area contributed by atoms with Crippen LogP contribution in [0.1, 0.15) is 25.9 Å². The number of amidine groups is 1. The van der Waals surface area contributed by atoms with Gasteiger partial charge in [0.1, 0.15) is 4.88 Å². The zero-order valence-electron chi connectivity index (χ0n) is 11.3. The lowest BCUT2D eigenvalue weighted by Gasteiger charge is -2.08. The number of amides is 1. The van der Waals surface area contributed by atoms with Crippen molar-refractivity contribution in [3.05, 3.63) is 44.4 Å². The minimum absolute atomic E-state index is 0.0630. The second-order valence-corrected chi connectivity index (χ2v) is 5.89. The Morgan fingerprint density at radius 2 is 2.19 bits per heavy atom. The molecule has 8 heteroatoms. The van der Waals surface area contributed by atoms with Gasteiger partial charge >= 0.3 is 0 Å². The van der Waals surface area contributed by atoms with Crippen LogP contribution in [0.15, 0.2) is 23.4 Å². The number of halogens is 1. The van der Waals surface area contributed by atoms with Gasteiger partial charge in [0.15, 0.2) is 5.84 Å². The highest BCUT2D eigenvalue weighted by Gasteiger charge is 2.15. The number of carbonyl (C=O) groups excluding carboxylic acids is 1. The molecule has 1 aromatic carbocycles. The van der Waals surface area contributed by atoms with Gasteiger partial charge in [-0.2, -0.15) is 0 Å². The fourth-order valence-corrected chi connectivity index (χ4v) is 2.74. The number of nitrogens with two attached hydrogens (primary N) is 1. The van der Waals surface area contributed by atoms with Crippen LogP contribution >= 0.6 is 22.9 Å². The first kappa shape index (κ1) is 15.3. The molecule has 1 amide bonds. The molecular weight excluding hydrogens is 312 g/mol. The molecule has 0 radical (unpaired) electrons. The molecule has 21 heavy (non-hydrogen) atoms. The van der Waals surface area contributed by atoms with E-state index < -0.39 is 0 Å². The molecule has 6 nitrogen and oxygen atoms in total. The molecule has 0 aliphatic carbocycles. The third kappa shape index (κ3) is 3.32. The molecule has 0 aliphatic heterocycles. The van der Waals surface area contributed by atoms with Crippen LogP contribution in [0.2, 0.25) is 5.02 Å². The van der Waals surface area contributed by atoms with Crippen LogP contribution in [0, 0.1) is 13.8 Å². The molecule has 0 unspecified atom stereocenters. The van der Waals surface area contributed by atoms with E-state index in [4.69, 9.17) is 22.5 Å². The number of rotatable bonds is 3. The van der Waals surface area contributed by atoms with Gasteiger partial charge in [0.2, 0.25) is 0 Å². The van der Waals surface area contributed by atoms with Crippen LogP contribution in [0.5, 0.6) is 0 Å². The third-order valence-corrected chi connectivity index (χ3v) is 4.13. The van der Waals surface area contributed by atoms with E-state index in [0.29, 0.717) is 26.8 Å². The molecule has 2 rings (SSSR count).